The highest BCUT2D eigenvalue weighted by atomic mass is 16.5. The molecule has 1 saturated heterocycles. The Morgan fingerprint density at radius 1 is 1.38 bits per heavy atom. The molecule has 0 aromatic carbocycles. The van der Waals surface area contributed by atoms with Crippen LogP contribution in [-0.4, -0.2) is 34.0 Å². The number of furan rings is 1. The lowest BCUT2D eigenvalue weighted by Crippen LogP contribution is -2.37. The first-order valence-corrected chi connectivity index (χ1v) is 7.75. The summed E-state index contributed by atoms with van der Waals surface area (Å²) in [5.41, 5.74) is -1.07. The Balaban J connectivity index is 1.75. The van der Waals surface area contributed by atoms with Gasteiger partial charge in [-0.1, -0.05) is 0 Å². The monoisotopic (exact) mass is 333 g/mol. The molecule has 0 radical (unpaired) electrons. The lowest BCUT2D eigenvalue weighted by molar-refractivity contribution is -0.133. The molecule has 8 heteroatoms. The molecule has 1 N–H and O–H groups in total. The highest BCUT2D eigenvalue weighted by Crippen LogP contribution is 2.33. The zero-order chi connectivity index (χ0) is 17.1. The van der Waals surface area contributed by atoms with Gasteiger partial charge in [0, 0.05) is 25.9 Å². The second-order valence-corrected chi connectivity index (χ2v) is 5.72. The highest BCUT2D eigenvalue weighted by molar-refractivity contribution is 5.76. The van der Waals surface area contributed by atoms with Crippen LogP contribution in [0.5, 0.6) is 0 Å². The van der Waals surface area contributed by atoms with E-state index in [0.29, 0.717) is 18.9 Å². The summed E-state index contributed by atoms with van der Waals surface area (Å²) in [6.07, 6.45) is 3.01. The van der Waals surface area contributed by atoms with Gasteiger partial charge in [-0.2, -0.15) is 0 Å². The summed E-state index contributed by atoms with van der Waals surface area (Å²) in [6, 6.07) is 4.78. The smallest absolute Gasteiger partial charge is 0.328 e. The van der Waals surface area contributed by atoms with E-state index in [9.17, 15) is 14.4 Å². The molecule has 0 aliphatic carbocycles. The molecule has 0 spiro atoms. The summed E-state index contributed by atoms with van der Waals surface area (Å²) in [5, 5.41) is 0. The number of hydrogen-bond donors (Lipinski definition) is 1. The molecule has 1 unspecified atom stereocenters. The standard InChI is InChI=1S/C16H19N3O5/c1-23-10-11-4-5-13(24-11)12-3-2-7-19(12)15(21)9-18-8-6-14(20)17-16(18)22/h4-6,8,12H,2-3,7,9-10H2,1H3,(H,17,20,22). The van der Waals surface area contributed by atoms with Crippen LogP contribution in [-0.2, 0) is 22.7 Å². The number of carbonyl (C=O) groups excluding carboxylic acids is 1. The van der Waals surface area contributed by atoms with Crippen LogP contribution in [0.1, 0.15) is 30.4 Å². The number of nitrogens with one attached hydrogen (secondary N) is 1. The number of likely N-dealkylation sites (tertiary alicyclic amines) is 1. The molecule has 1 fully saturated rings. The predicted octanol–water partition coefficient (Wildman–Crippen LogP) is 0.640. The van der Waals surface area contributed by atoms with Crippen molar-refractivity contribution in [3.8, 4) is 0 Å². The molecule has 1 aliphatic rings. The van der Waals surface area contributed by atoms with Gasteiger partial charge >= 0.3 is 5.69 Å². The van der Waals surface area contributed by atoms with E-state index in [0.717, 1.165) is 18.6 Å². The van der Waals surface area contributed by atoms with Gasteiger partial charge in [0.1, 0.15) is 24.7 Å². The van der Waals surface area contributed by atoms with Crippen LogP contribution < -0.4 is 11.2 Å². The minimum atomic E-state index is -0.591. The van der Waals surface area contributed by atoms with Gasteiger partial charge in [0.15, 0.2) is 0 Å². The molecule has 3 heterocycles. The van der Waals surface area contributed by atoms with E-state index in [4.69, 9.17) is 9.15 Å². The topological polar surface area (TPSA) is 97.5 Å². The third-order valence-corrected chi connectivity index (χ3v) is 4.07. The lowest BCUT2D eigenvalue weighted by atomic mass is 10.1. The first kappa shape index (κ1) is 16.3. The van der Waals surface area contributed by atoms with Gasteiger partial charge in [-0.3, -0.25) is 19.1 Å². The van der Waals surface area contributed by atoms with E-state index in [-0.39, 0.29) is 18.5 Å². The Morgan fingerprint density at radius 3 is 2.96 bits per heavy atom. The predicted molar refractivity (Wildman–Crippen MR) is 84.4 cm³/mol. The Bertz CT molecular complexity index is 834. The van der Waals surface area contributed by atoms with E-state index in [1.54, 1.807) is 12.0 Å². The van der Waals surface area contributed by atoms with Gasteiger partial charge in [-0.05, 0) is 25.0 Å². The van der Waals surface area contributed by atoms with Gasteiger partial charge in [-0.25, -0.2) is 4.79 Å². The summed E-state index contributed by atoms with van der Waals surface area (Å²) >= 11 is 0. The van der Waals surface area contributed by atoms with Crippen molar-refractivity contribution in [3.63, 3.8) is 0 Å². The number of rotatable bonds is 5. The van der Waals surface area contributed by atoms with Crippen LogP contribution in [0.2, 0.25) is 0 Å². The molecular formula is C16H19N3O5. The van der Waals surface area contributed by atoms with Gasteiger partial charge in [0.25, 0.3) is 5.56 Å². The fourth-order valence-corrected chi connectivity index (χ4v) is 2.96. The second kappa shape index (κ2) is 6.88. The molecule has 0 saturated carbocycles. The highest BCUT2D eigenvalue weighted by Gasteiger charge is 2.32. The first-order valence-electron chi connectivity index (χ1n) is 7.75. The van der Waals surface area contributed by atoms with Gasteiger partial charge in [-0.15, -0.1) is 0 Å². The Labute approximate surface area is 137 Å². The fourth-order valence-electron chi connectivity index (χ4n) is 2.96. The van der Waals surface area contributed by atoms with Crippen LogP contribution in [0.4, 0.5) is 0 Å². The Kier molecular flexibility index (Phi) is 4.66. The van der Waals surface area contributed by atoms with Crippen molar-refractivity contribution < 1.29 is 13.9 Å². The fraction of sp³-hybridized carbons (Fsp3) is 0.438. The van der Waals surface area contributed by atoms with Crippen molar-refractivity contribution in [1.29, 1.82) is 0 Å². The maximum absolute atomic E-state index is 12.6. The van der Waals surface area contributed by atoms with Crippen molar-refractivity contribution in [2.45, 2.75) is 32.0 Å². The zero-order valence-corrected chi connectivity index (χ0v) is 13.4. The number of aromatic amines is 1. The zero-order valence-electron chi connectivity index (χ0n) is 13.4. The van der Waals surface area contributed by atoms with E-state index < -0.39 is 11.2 Å². The minimum Gasteiger partial charge on any atom is -0.461 e. The summed E-state index contributed by atoms with van der Waals surface area (Å²) < 4.78 is 12.0. The average molecular weight is 333 g/mol. The average Bonchev–Trinajstić information content (AvgIpc) is 3.19. The molecule has 1 aliphatic heterocycles. The molecule has 128 valence electrons. The number of carbonyl (C=O) groups is 1. The molecular weight excluding hydrogens is 314 g/mol. The second-order valence-electron chi connectivity index (χ2n) is 5.72. The molecule has 2 aromatic rings. The Morgan fingerprint density at radius 2 is 2.21 bits per heavy atom. The Hall–Kier alpha value is -2.61. The first-order chi connectivity index (χ1) is 11.6. The van der Waals surface area contributed by atoms with Crippen molar-refractivity contribution >= 4 is 5.91 Å². The molecule has 3 rings (SSSR count). The lowest BCUT2D eigenvalue weighted by Gasteiger charge is -2.23. The van der Waals surface area contributed by atoms with E-state index in [2.05, 4.69) is 4.98 Å². The molecule has 1 amide bonds. The van der Waals surface area contributed by atoms with Crippen LogP contribution in [0, 0.1) is 0 Å². The molecule has 24 heavy (non-hydrogen) atoms. The van der Waals surface area contributed by atoms with Crippen molar-refractivity contribution in [2.75, 3.05) is 13.7 Å². The van der Waals surface area contributed by atoms with Gasteiger partial charge in [0.05, 0.1) is 6.04 Å². The number of methoxy groups -OCH3 is 1. The van der Waals surface area contributed by atoms with Crippen LogP contribution >= 0.6 is 0 Å². The third-order valence-electron chi connectivity index (χ3n) is 4.07. The number of hydrogen-bond acceptors (Lipinski definition) is 5. The number of H-pyrrole nitrogens is 1. The SMILES string of the molecule is COCc1ccc(C2CCCN2C(=O)Cn2ccc(=O)[nH]c2=O)o1. The van der Waals surface area contributed by atoms with Gasteiger partial charge < -0.3 is 14.1 Å². The van der Waals surface area contributed by atoms with E-state index in [1.165, 1.54) is 16.8 Å². The maximum atomic E-state index is 12.6. The van der Waals surface area contributed by atoms with Crippen LogP contribution in [0.25, 0.3) is 0 Å². The van der Waals surface area contributed by atoms with Gasteiger partial charge in [0.2, 0.25) is 5.91 Å². The normalized spacial score (nSPS) is 17.4. The number of aromatic nitrogens is 2. The van der Waals surface area contributed by atoms with Crippen LogP contribution in [0.15, 0.2) is 38.4 Å². The molecule has 2 aromatic heterocycles. The molecule has 8 nitrogen and oxygen atoms in total. The summed E-state index contributed by atoms with van der Waals surface area (Å²) in [5.74, 6) is 1.25. The number of nitrogens with zero attached hydrogens (tertiary/aromatic N) is 2. The summed E-state index contributed by atoms with van der Waals surface area (Å²) in [6.45, 7) is 0.882. The number of ether oxygens (including phenoxy) is 1. The van der Waals surface area contributed by atoms with Crippen molar-refractivity contribution in [1.82, 2.24) is 14.5 Å². The quantitative estimate of drug-likeness (QED) is 0.866. The van der Waals surface area contributed by atoms with Crippen molar-refractivity contribution in [2.24, 2.45) is 0 Å². The summed E-state index contributed by atoms with van der Waals surface area (Å²) in [4.78, 5) is 39.2. The maximum Gasteiger partial charge on any atom is 0.328 e. The molecule has 1 atom stereocenters. The summed E-state index contributed by atoms with van der Waals surface area (Å²) in [7, 11) is 1.59. The minimum absolute atomic E-state index is 0.113. The van der Waals surface area contributed by atoms with E-state index >= 15 is 0 Å². The largest absolute Gasteiger partial charge is 0.461 e. The number of amides is 1. The van der Waals surface area contributed by atoms with Crippen molar-refractivity contribution in [3.05, 3.63) is 56.8 Å². The molecule has 0 bridgehead atoms. The van der Waals surface area contributed by atoms with E-state index in [1.807, 2.05) is 12.1 Å². The van der Waals surface area contributed by atoms with Crippen LogP contribution in [0.3, 0.4) is 0 Å². The third kappa shape index (κ3) is 3.33.